The number of nitrogens with one attached hydrogen (secondary N) is 1. The van der Waals surface area contributed by atoms with Crippen LogP contribution in [0.1, 0.15) is 31.1 Å². The standard InChI is InChI=1S/C12H20N6/c1-4-10-6-11(17(3)16-10)8-18-12(7-13-5-2)14-9-15-18/h6,9,13H,4-5,7-8H2,1-3H3. The first-order valence-electron chi connectivity index (χ1n) is 6.33. The van der Waals surface area contributed by atoms with Crippen molar-refractivity contribution in [1.82, 2.24) is 29.9 Å². The molecular weight excluding hydrogens is 228 g/mol. The molecule has 0 fully saturated rings. The van der Waals surface area contributed by atoms with Crippen LogP contribution in [0.2, 0.25) is 0 Å². The van der Waals surface area contributed by atoms with E-state index in [2.05, 4.69) is 40.4 Å². The number of nitrogens with zero attached hydrogens (tertiary/aromatic N) is 5. The Morgan fingerprint density at radius 2 is 2.17 bits per heavy atom. The van der Waals surface area contributed by atoms with Gasteiger partial charge in [0.15, 0.2) is 0 Å². The Labute approximate surface area is 107 Å². The van der Waals surface area contributed by atoms with Crippen molar-refractivity contribution in [1.29, 1.82) is 0 Å². The molecule has 0 spiro atoms. The zero-order valence-electron chi connectivity index (χ0n) is 11.2. The average molecular weight is 248 g/mol. The fourth-order valence-electron chi connectivity index (χ4n) is 1.84. The van der Waals surface area contributed by atoms with E-state index in [-0.39, 0.29) is 0 Å². The molecule has 2 rings (SSSR count). The van der Waals surface area contributed by atoms with Crippen molar-refractivity contribution < 1.29 is 0 Å². The SMILES string of the molecule is CCNCc1ncnn1Cc1cc(CC)nn1C. The lowest BCUT2D eigenvalue weighted by Crippen LogP contribution is -2.18. The molecule has 6 nitrogen and oxygen atoms in total. The van der Waals surface area contributed by atoms with E-state index in [4.69, 9.17) is 0 Å². The van der Waals surface area contributed by atoms with Gasteiger partial charge in [0.05, 0.1) is 24.5 Å². The van der Waals surface area contributed by atoms with Crippen LogP contribution in [0.5, 0.6) is 0 Å². The second-order valence-electron chi connectivity index (χ2n) is 4.22. The van der Waals surface area contributed by atoms with Crippen LogP contribution in [0.3, 0.4) is 0 Å². The zero-order valence-corrected chi connectivity index (χ0v) is 11.2. The van der Waals surface area contributed by atoms with E-state index in [0.717, 1.165) is 36.7 Å². The van der Waals surface area contributed by atoms with Crippen LogP contribution in [-0.2, 0) is 26.6 Å². The van der Waals surface area contributed by atoms with E-state index < -0.39 is 0 Å². The topological polar surface area (TPSA) is 60.6 Å². The van der Waals surface area contributed by atoms with Gasteiger partial charge in [-0.05, 0) is 19.0 Å². The third-order valence-electron chi connectivity index (χ3n) is 2.93. The molecule has 98 valence electrons. The summed E-state index contributed by atoms with van der Waals surface area (Å²) >= 11 is 0. The predicted molar refractivity (Wildman–Crippen MR) is 69.1 cm³/mol. The molecule has 0 radical (unpaired) electrons. The average Bonchev–Trinajstić information content (AvgIpc) is 2.95. The van der Waals surface area contributed by atoms with Crippen LogP contribution in [-0.4, -0.2) is 31.1 Å². The highest BCUT2D eigenvalue weighted by Gasteiger charge is 2.08. The predicted octanol–water partition coefficient (Wildman–Crippen LogP) is 0.732. The van der Waals surface area contributed by atoms with Gasteiger partial charge in [-0.25, -0.2) is 9.67 Å². The van der Waals surface area contributed by atoms with Crippen LogP contribution in [0.25, 0.3) is 0 Å². The van der Waals surface area contributed by atoms with Gasteiger partial charge in [-0.15, -0.1) is 0 Å². The summed E-state index contributed by atoms with van der Waals surface area (Å²) in [4.78, 5) is 4.27. The largest absolute Gasteiger partial charge is 0.310 e. The van der Waals surface area contributed by atoms with Crippen molar-refractivity contribution in [3.63, 3.8) is 0 Å². The Bertz CT molecular complexity index is 498. The smallest absolute Gasteiger partial charge is 0.141 e. The molecule has 6 heteroatoms. The van der Waals surface area contributed by atoms with Crippen LogP contribution in [0, 0.1) is 0 Å². The molecule has 0 saturated carbocycles. The Morgan fingerprint density at radius 1 is 1.33 bits per heavy atom. The van der Waals surface area contributed by atoms with Crippen molar-refractivity contribution in [2.24, 2.45) is 7.05 Å². The van der Waals surface area contributed by atoms with E-state index in [1.165, 1.54) is 0 Å². The molecule has 2 heterocycles. The highest BCUT2D eigenvalue weighted by Crippen LogP contribution is 2.06. The van der Waals surface area contributed by atoms with Crippen LogP contribution >= 0.6 is 0 Å². The lowest BCUT2D eigenvalue weighted by molar-refractivity contribution is 0.568. The van der Waals surface area contributed by atoms with Crippen LogP contribution < -0.4 is 5.32 Å². The maximum Gasteiger partial charge on any atom is 0.141 e. The number of rotatable bonds is 6. The maximum atomic E-state index is 4.44. The maximum absolute atomic E-state index is 4.44. The summed E-state index contributed by atoms with van der Waals surface area (Å²) in [6, 6.07) is 2.12. The lowest BCUT2D eigenvalue weighted by atomic mass is 10.3. The number of aryl methyl sites for hydroxylation is 2. The number of aromatic nitrogens is 5. The molecule has 0 aliphatic carbocycles. The fourth-order valence-corrected chi connectivity index (χ4v) is 1.84. The summed E-state index contributed by atoms with van der Waals surface area (Å²) in [6.07, 6.45) is 2.55. The van der Waals surface area contributed by atoms with Gasteiger partial charge in [-0.2, -0.15) is 10.2 Å². The summed E-state index contributed by atoms with van der Waals surface area (Å²) in [5, 5.41) is 12.0. The molecule has 18 heavy (non-hydrogen) atoms. The zero-order chi connectivity index (χ0) is 13.0. The lowest BCUT2D eigenvalue weighted by Gasteiger charge is -2.06. The van der Waals surface area contributed by atoms with Gasteiger partial charge in [0.1, 0.15) is 12.2 Å². The summed E-state index contributed by atoms with van der Waals surface area (Å²) in [5.74, 6) is 0.955. The van der Waals surface area contributed by atoms with Crippen LogP contribution in [0.15, 0.2) is 12.4 Å². The Kier molecular flexibility index (Phi) is 4.09. The van der Waals surface area contributed by atoms with Gasteiger partial charge in [-0.1, -0.05) is 13.8 Å². The normalized spacial score (nSPS) is 11.1. The molecule has 0 atom stereocenters. The Morgan fingerprint density at radius 3 is 2.83 bits per heavy atom. The highest BCUT2D eigenvalue weighted by molar-refractivity contribution is 5.10. The molecule has 0 aromatic carbocycles. The van der Waals surface area contributed by atoms with Crippen molar-refractivity contribution in [3.05, 3.63) is 29.6 Å². The Hall–Kier alpha value is -1.69. The minimum absolute atomic E-state index is 0.713. The Balaban J connectivity index is 2.12. The van der Waals surface area contributed by atoms with Crippen molar-refractivity contribution in [2.75, 3.05) is 6.54 Å². The molecule has 0 unspecified atom stereocenters. The van der Waals surface area contributed by atoms with Gasteiger partial charge in [-0.3, -0.25) is 4.68 Å². The van der Waals surface area contributed by atoms with E-state index in [1.807, 2.05) is 16.4 Å². The van der Waals surface area contributed by atoms with E-state index in [0.29, 0.717) is 6.54 Å². The summed E-state index contributed by atoms with van der Waals surface area (Å²) in [5.41, 5.74) is 2.26. The quantitative estimate of drug-likeness (QED) is 0.819. The molecule has 0 saturated heterocycles. The number of hydrogen-bond acceptors (Lipinski definition) is 4. The second kappa shape index (κ2) is 5.77. The van der Waals surface area contributed by atoms with Gasteiger partial charge in [0.2, 0.25) is 0 Å². The number of hydrogen-bond donors (Lipinski definition) is 1. The highest BCUT2D eigenvalue weighted by atomic mass is 15.4. The van der Waals surface area contributed by atoms with E-state index in [9.17, 15) is 0 Å². The summed E-state index contributed by atoms with van der Waals surface area (Å²) in [6.45, 7) is 6.57. The van der Waals surface area contributed by atoms with Gasteiger partial charge in [0.25, 0.3) is 0 Å². The van der Waals surface area contributed by atoms with Crippen LogP contribution in [0.4, 0.5) is 0 Å². The van der Waals surface area contributed by atoms with Gasteiger partial charge in [0, 0.05) is 7.05 Å². The van der Waals surface area contributed by atoms with E-state index in [1.54, 1.807) is 6.33 Å². The minimum Gasteiger partial charge on any atom is -0.310 e. The third kappa shape index (κ3) is 2.76. The molecular formula is C12H20N6. The monoisotopic (exact) mass is 248 g/mol. The van der Waals surface area contributed by atoms with E-state index >= 15 is 0 Å². The van der Waals surface area contributed by atoms with Gasteiger partial charge < -0.3 is 5.32 Å². The molecule has 2 aromatic rings. The van der Waals surface area contributed by atoms with Crippen molar-refractivity contribution >= 4 is 0 Å². The molecule has 1 N–H and O–H groups in total. The summed E-state index contributed by atoms with van der Waals surface area (Å²) in [7, 11) is 1.97. The molecule has 0 aliphatic heterocycles. The fraction of sp³-hybridized carbons (Fsp3) is 0.583. The van der Waals surface area contributed by atoms with Gasteiger partial charge >= 0.3 is 0 Å². The molecule has 0 aliphatic rings. The second-order valence-corrected chi connectivity index (χ2v) is 4.22. The molecule has 0 amide bonds. The third-order valence-corrected chi connectivity index (χ3v) is 2.93. The van der Waals surface area contributed by atoms with Crippen molar-refractivity contribution in [2.45, 2.75) is 33.4 Å². The molecule has 0 bridgehead atoms. The van der Waals surface area contributed by atoms with Crippen molar-refractivity contribution in [3.8, 4) is 0 Å². The first-order valence-corrected chi connectivity index (χ1v) is 6.33. The molecule has 2 aromatic heterocycles. The summed E-state index contributed by atoms with van der Waals surface area (Å²) < 4.78 is 3.83. The first-order chi connectivity index (χ1) is 8.74. The first kappa shape index (κ1) is 12.8. The minimum atomic E-state index is 0.713.